The van der Waals surface area contributed by atoms with E-state index < -0.39 is 6.04 Å². The predicted octanol–water partition coefficient (Wildman–Crippen LogP) is 6.38. The Morgan fingerprint density at radius 1 is 0.944 bits per heavy atom. The number of carbonyl (C=O) groups is 1. The molecule has 0 bridgehead atoms. The molecule has 0 aliphatic carbocycles. The summed E-state index contributed by atoms with van der Waals surface area (Å²) in [5.74, 6) is 0.910. The van der Waals surface area contributed by atoms with Gasteiger partial charge < -0.3 is 18.8 Å². The second-order valence-corrected chi connectivity index (χ2v) is 9.06. The minimum absolute atomic E-state index is 0.0556. The van der Waals surface area contributed by atoms with Gasteiger partial charge in [0.1, 0.15) is 5.58 Å². The highest BCUT2D eigenvalue weighted by Crippen LogP contribution is 2.42. The molecule has 0 saturated heterocycles. The van der Waals surface area contributed by atoms with E-state index >= 15 is 0 Å². The van der Waals surface area contributed by atoms with Crippen LogP contribution in [-0.4, -0.2) is 24.0 Å². The van der Waals surface area contributed by atoms with Crippen molar-refractivity contribution in [3.05, 3.63) is 104 Å². The smallest absolute Gasteiger partial charge is 0.291 e. The van der Waals surface area contributed by atoms with E-state index in [4.69, 9.17) is 25.5 Å². The minimum Gasteiger partial charge on any atom is -0.490 e. The van der Waals surface area contributed by atoms with E-state index in [2.05, 4.69) is 0 Å². The zero-order chi connectivity index (χ0) is 25.2. The Bertz CT molecular complexity index is 1480. The first-order chi connectivity index (χ1) is 17.5. The number of fused-ring (bicyclic) bond motifs is 2. The summed E-state index contributed by atoms with van der Waals surface area (Å²) in [6, 6.07) is 19.4. The maximum Gasteiger partial charge on any atom is 0.291 e. The monoisotopic (exact) mass is 503 g/mol. The van der Waals surface area contributed by atoms with Crippen LogP contribution in [0.2, 0.25) is 5.02 Å². The summed E-state index contributed by atoms with van der Waals surface area (Å²) in [6.45, 7) is 5.25. The van der Waals surface area contributed by atoms with E-state index in [1.165, 1.54) is 0 Å². The van der Waals surface area contributed by atoms with Crippen molar-refractivity contribution in [3.8, 4) is 11.5 Å². The highest BCUT2D eigenvalue weighted by Gasteiger charge is 2.43. The molecule has 2 heterocycles. The lowest BCUT2D eigenvalue weighted by Gasteiger charge is -2.26. The van der Waals surface area contributed by atoms with Gasteiger partial charge in [-0.2, -0.15) is 0 Å². The van der Waals surface area contributed by atoms with Crippen LogP contribution in [0.5, 0.6) is 11.5 Å². The van der Waals surface area contributed by atoms with Crippen LogP contribution in [0.3, 0.4) is 0 Å². The molecule has 4 aromatic rings. The Hall–Kier alpha value is -3.77. The van der Waals surface area contributed by atoms with Crippen LogP contribution in [0, 0.1) is 0 Å². The molecule has 3 aromatic carbocycles. The third kappa shape index (κ3) is 4.33. The summed E-state index contributed by atoms with van der Waals surface area (Å²) in [5, 5.41) is 0.765. The molecule has 0 fully saturated rings. The van der Waals surface area contributed by atoms with E-state index in [1.807, 2.05) is 62.4 Å². The highest BCUT2D eigenvalue weighted by molar-refractivity contribution is 6.31. The van der Waals surface area contributed by atoms with Crippen LogP contribution in [-0.2, 0) is 6.54 Å². The third-order valence-electron chi connectivity index (χ3n) is 6.17. The van der Waals surface area contributed by atoms with Crippen LogP contribution in [0.1, 0.15) is 53.6 Å². The van der Waals surface area contributed by atoms with Gasteiger partial charge in [0.05, 0.1) is 30.2 Å². The van der Waals surface area contributed by atoms with Crippen LogP contribution in [0.15, 0.2) is 75.9 Å². The van der Waals surface area contributed by atoms with Gasteiger partial charge in [0.25, 0.3) is 5.91 Å². The second-order valence-electron chi connectivity index (χ2n) is 8.62. The van der Waals surface area contributed by atoms with E-state index in [0.29, 0.717) is 52.8 Å². The summed E-state index contributed by atoms with van der Waals surface area (Å²) >= 11 is 6.19. The topological polar surface area (TPSA) is 69.0 Å². The van der Waals surface area contributed by atoms with Gasteiger partial charge in [-0.05, 0) is 54.8 Å². The molecule has 1 aliphatic heterocycles. The summed E-state index contributed by atoms with van der Waals surface area (Å²) < 4.78 is 17.8. The Labute approximate surface area is 214 Å². The fourth-order valence-corrected chi connectivity index (χ4v) is 4.75. The maximum atomic E-state index is 13.8. The fourth-order valence-electron chi connectivity index (χ4n) is 4.58. The summed E-state index contributed by atoms with van der Waals surface area (Å²) in [7, 11) is 0. The normalized spacial score (nSPS) is 14.8. The van der Waals surface area contributed by atoms with Gasteiger partial charge in [-0.1, -0.05) is 54.9 Å². The number of ether oxygens (including phenoxy) is 2. The number of benzene rings is 3. The van der Waals surface area contributed by atoms with Gasteiger partial charge in [-0.15, -0.1) is 0 Å². The van der Waals surface area contributed by atoms with Gasteiger partial charge in [0.15, 0.2) is 16.9 Å². The zero-order valence-electron chi connectivity index (χ0n) is 20.1. The first-order valence-electron chi connectivity index (χ1n) is 12.0. The Morgan fingerprint density at radius 2 is 1.75 bits per heavy atom. The molecule has 6 nitrogen and oxygen atoms in total. The standard InChI is InChI=1S/C29H26ClNO5/c1-3-14-35-23-12-10-19(15-24(23)34-4-2)26-25-27(32)21-16-20(30)11-13-22(21)36-28(25)29(33)31(26)17-18-8-6-5-7-9-18/h5-13,15-16,26H,3-4,14,17H2,1-2H3. The van der Waals surface area contributed by atoms with Crippen molar-refractivity contribution in [3.63, 3.8) is 0 Å². The van der Waals surface area contributed by atoms with Crippen molar-refractivity contribution in [2.75, 3.05) is 13.2 Å². The van der Waals surface area contributed by atoms with Crippen molar-refractivity contribution >= 4 is 28.5 Å². The number of halogens is 1. The second kappa shape index (κ2) is 10.1. The van der Waals surface area contributed by atoms with Crippen molar-refractivity contribution in [1.82, 2.24) is 4.90 Å². The summed E-state index contributed by atoms with van der Waals surface area (Å²) in [6.07, 6.45) is 0.860. The Morgan fingerprint density at radius 3 is 2.50 bits per heavy atom. The number of carbonyl (C=O) groups excluding carboxylic acids is 1. The predicted molar refractivity (Wildman–Crippen MR) is 139 cm³/mol. The van der Waals surface area contributed by atoms with Crippen LogP contribution < -0.4 is 14.9 Å². The molecule has 5 rings (SSSR count). The Kier molecular flexibility index (Phi) is 6.70. The molecule has 0 saturated carbocycles. The third-order valence-corrected chi connectivity index (χ3v) is 6.40. The van der Waals surface area contributed by atoms with Crippen LogP contribution in [0.25, 0.3) is 11.0 Å². The molecule has 1 aromatic heterocycles. The molecule has 1 amide bonds. The zero-order valence-corrected chi connectivity index (χ0v) is 20.9. The van der Waals surface area contributed by atoms with Gasteiger partial charge >= 0.3 is 0 Å². The molecular weight excluding hydrogens is 478 g/mol. The largest absolute Gasteiger partial charge is 0.490 e. The van der Waals surface area contributed by atoms with E-state index in [-0.39, 0.29) is 17.1 Å². The average molecular weight is 504 g/mol. The summed E-state index contributed by atoms with van der Waals surface area (Å²) in [5.41, 5.74) is 2.04. The van der Waals surface area contributed by atoms with E-state index in [9.17, 15) is 9.59 Å². The minimum atomic E-state index is -0.660. The van der Waals surface area contributed by atoms with Gasteiger partial charge in [-0.3, -0.25) is 9.59 Å². The Balaban J connectivity index is 1.69. The number of nitrogens with zero attached hydrogens (tertiary/aromatic N) is 1. The molecule has 1 unspecified atom stereocenters. The lowest BCUT2D eigenvalue weighted by molar-refractivity contribution is 0.0714. The number of rotatable bonds is 8. The molecule has 1 aliphatic rings. The van der Waals surface area contributed by atoms with Crippen molar-refractivity contribution in [2.45, 2.75) is 32.9 Å². The molecule has 1 atom stereocenters. The first kappa shape index (κ1) is 23.9. The van der Waals surface area contributed by atoms with Gasteiger partial charge in [0, 0.05) is 11.6 Å². The molecule has 0 N–H and O–H groups in total. The molecule has 36 heavy (non-hydrogen) atoms. The quantitative estimate of drug-likeness (QED) is 0.279. The van der Waals surface area contributed by atoms with E-state index in [1.54, 1.807) is 23.1 Å². The molecule has 7 heteroatoms. The summed E-state index contributed by atoms with van der Waals surface area (Å²) in [4.78, 5) is 29.1. The highest BCUT2D eigenvalue weighted by atomic mass is 35.5. The SMILES string of the molecule is CCCOc1ccc(C2c3c(oc4ccc(Cl)cc4c3=O)C(=O)N2Cc2ccccc2)cc1OCC. The van der Waals surface area contributed by atoms with Gasteiger partial charge in [0.2, 0.25) is 5.76 Å². The van der Waals surface area contributed by atoms with E-state index in [0.717, 1.165) is 17.5 Å². The molecule has 0 spiro atoms. The van der Waals surface area contributed by atoms with Crippen LogP contribution in [0.4, 0.5) is 0 Å². The number of hydrogen-bond donors (Lipinski definition) is 0. The van der Waals surface area contributed by atoms with Crippen LogP contribution >= 0.6 is 11.6 Å². The van der Waals surface area contributed by atoms with Gasteiger partial charge in [-0.25, -0.2) is 0 Å². The average Bonchev–Trinajstić information content (AvgIpc) is 3.16. The maximum absolute atomic E-state index is 13.8. The number of amides is 1. The fraction of sp³-hybridized carbons (Fsp3) is 0.241. The number of hydrogen-bond acceptors (Lipinski definition) is 5. The lowest BCUT2D eigenvalue weighted by Crippen LogP contribution is -2.29. The molecular formula is C29H26ClNO5. The first-order valence-corrected chi connectivity index (χ1v) is 12.4. The van der Waals surface area contributed by atoms with Crippen molar-refractivity contribution in [1.29, 1.82) is 0 Å². The van der Waals surface area contributed by atoms with Crippen molar-refractivity contribution in [2.24, 2.45) is 0 Å². The van der Waals surface area contributed by atoms with Crippen molar-refractivity contribution < 1.29 is 18.7 Å². The molecule has 0 radical (unpaired) electrons. The molecule has 184 valence electrons. The lowest BCUT2D eigenvalue weighted by atomic mass is 9.97.